The van der Waals surface area contributed by atoms with Gasteiger partial charge in [-0.3, -0.25) is 4.79 Å². The van der Waals surface area contributed by atoms with E-state index in [4.69, 9.17) is 5.73 Å². The molecule has 0 aliphatic carbocycles. The number of nitrogens with two attached hydrogens (primary N) is 1. The zero-order valence-electron chi connectivity index (χ0n) is 4.92. The first-order chi connectivity index (χ1) is 3.72. The van der Waals surface area contributed by atoms with Crippen molar-refractivity contribution in [3.05, 3.63) is 0 Å². The standard InChI is InChI=1S/C5H11NOS/c1-2-4(3-8)5(6)7/h4,8H,2-3H2,1H3,(H2,6,7). The van der Waals surface area contributed by atoms with Gasteiger partial charge in [-0.15, -0.1) is 0 Å². The molecule has 0 aliphatic rings. The van der Waals surface area contributed by atoms with Gasteiger partial charge in [0.25, 0.3) is 0 Å². The maximum absolute atomic E-state index is 10.3. The Labute approximate surface area is 54.9 Å². The zero-order chi connectivity index (χ0) is 6.57. The Bertz CT molecular complexity index is 80.5. The van der Waals surface area contributed by atoms with Gasteiger partial charge in [0, 0.05) is 11.7 Å². The Balaban J connectivity index is 3.52. The fourth-order valence-electron chi connectivity index (χ4n) is 0.420. The second-order valence-electron chi connectivity index (χ2n) is 1.69. The van der Waals surface area contributed by atoms with Crippen molar-refractivity contribution in [1.29, 1.82) is 0 Å². The summed E-state index contributed by atoms with van der Waals surface area (Å²) in [4.78, 5) is 10.3. The van der Waals surface area contributed by atoms with Crippen LogP contribution in [0.5, 0.6) is 0 Å². The number of amides is 1. The number of carbonyl (C=O) groups is 1. The molecule has 0 spiro atoms. The molecule has 0 heterocycles. The lowest BCUT2D eigenvalue weighted by molar-refractivity contribution is -0.121. The number of hydrogen-bond donors (Lipinski definition) is 2. The lowest BCUT2D eigenvalue weighted by Gasteiger charge is -2.03. The first-order valence-electron chi connectivity index (χ1n) is 2.62. The highest BCUT2D eigenvalue weighted by atomic mass is 32.1. The lowest BCUT2D eigenvalue weighted by Crippen LogP contribution is -2.23. The van der Waals surface area contributed by atoms with Crippen LogP contribution in [0.25, 0.3) is 0 Å². The smallest absolute Gasteiger partial charge is 0.221 e. The Morgan fingerprint density at radius 1 is 1.88 bits per heavy atom. The van der Waals surface area contributed by atoms with Crippen molar-refractivity contribution in [3.8, 4) is 0 Å². The Morgan fingerprint density at radius 2 is 2.38 bits per heavy atom. The predicted molar refractivity (Wildman–Crippen MR) is 36.8 cm³/mol. The van der Waals surface area contributed by atoms with Crippen LogP contribution >= 0.6 is 12.6 Å². The molecule has 8 heavy (non-hydrogen) atoms. The summed E-state index contributed by atoms with van der Waals surface area (Å²) in [7, 11) is 0. The molecule has 0 fully saturated rings. The van der Waals surface area contributed by atoms with Gasteiger partial charge in [0.15, 0.2) is 0 Å². The van der Waals surface area contributed by atoms with Crippen molar-refractivity contribution < 1.29 is 4.79 Å². The summed E-state index contributed by atoms with van der Waals surface area (Å²) in [6, 6.07) is 0. The van der Waals surface area contributed by atoms with Crippen molar-refractivity contribution in [2.75, 3.05) is 5.75 Å². The highest BCUT2D eigenvalue weighted by molar-refractivity contribution is 7.80. The highest BCUT2D eigenvalue weighted by Crippen LogP contribution is 2.01. The molecule has 0 radical (unpaired) electrons. The number of carbonyl (C=O) groups excluding carboxylic acids is 1. The van der Waals surface area contributed by atoms with Crippen LogP contribution in [-0.2, 0) is 4.79 Å². The Kier molecular flexibility index (Phi) is 3.69. The van der Waals surface area contributed by atoms with Crippen LogP contribution in [0.1, 0.15) is 13.3 Å². The summed E-state index contributed by atoms with van der Waals surface area (Å²) in [6.07, 6.45) is 0.791. The van der Waals surface area contributed by atoms with Crippen LogP contribution in [0.4, 0.5) is 0 Å². The molecule has 0 aromatic rings. The van der Waals surface area contributed by atoms with Gasteiger partial charge < -0.3 is 5.73 Å². The van der Waals surface area contributed by atoms with Gasteiger partial charge in [0.1, 0.15) is 0 Å². The second kappa shape index (κ2) is 3.78. The van der Waals surface area contributed by atoms with E-state index in [-0.39, 0.29) is 11.8 Å². The minimum Gasteiger partial charge on any atom is -0.369 e. The monoisotopic (exact) mass is 133 g/mol. The van der Waals surface area contributed by atoms with Gasteiger partial charge in [-0.25, -0.2) is 0 Å². The average Bonchev–Trinajstić information content (AvgIpc) is 1.69. The lowest BCUT2D eigenvalue weighted by atomic mass is 10.1. The molecule has 1 amide bonds. The third-order valence-corrected chi connectivity index (χ3v) is 1.56. The van der Waals surface area contributed by atoms with Crippen LogP contribution in [0.15, 0.2) is 0 Å². The van der Waals surface area contributed by atoms with E-state index in [1.807, 2.05) is 6.92 Å². The minimum atomic E-state index is -0.248. The molecule has 2 nitrogen and oxygen atoms in total. The Morgan fingerprint density at radius 3 is 2.38 bits per heavy atom. The summed E-state index contributed by atoms with van der Waals surface area (Å²) in [5.41, 5.74) is 4.97. The molecule has 0 saturated heterocycles. The molecule has 0 rings (SSSR count). The minimum absolute atomic E-state index is 0.0432. The SMILES string of the molecule is CCC(CS)C(N)=O. The van der Waals surface area contributed by atoms with Gasteiger partial charge in [-0.1, -0.05) is 6.92 Å². The summed E-state index contributed by atoms with van der Waals surface area (Å²) in [6.45, 7) is 1.92. The van der Waals surface area contributed by atoms with Crippen LogP contribution in [0.2, 0.25) is 0 Å². The average molecular weight is 133 g/mol. The quantitative estimate of drug-likeness (QED) is 0.539. The number of primary amides is 1. The summed E-state index contributed by atoms with van der Waals surface area (Å²) in [5.74, 6) is 0.270. The molecule has 48 valence electrons. The zero-order valence-corrected chi connectivity index (χ0v) is 5.82. The molecular weight excluding hydrogens is 122 g/mol. The van der Waals surface area contributed by atoms with E-state index in [0.717, 1.165) is 6.42 Å². The molecule has 0 saturated carbocycles. The molecule has 0 aliphatic heterocycles. The fraction of sp³-hybridized carbons (Fsp3) is 0.800. The topological polar surface area (TPSA) is 43.1 Å². The molecule has 2 N–H and O–H groups in total. The summed E-state index contributed by atoms with van der Waals surface area (Å²) < 4.78 is 0. The normalized spacial score (nSPS) is 13.2. The third kappa shape index (κ3) is 2.21. The van der Waals surface area contributed by atoms with Gasteiger partial charge in [0.2, 0.25) is 5.91 Å². The number of rotatable bonds is 3. The molecular formula is C5H11NOS. The first-order valence-corrected chi connectivity index (χ1v) is 3.25. The maximum Gasteiger partial charge on any atom is 0.221 e. The molecule has 3 heteroatoms. The van der Waals surface area contributed by atoms with Crippen LogP contribution in [-0.4, -0.2) is 11.7 Å². The second-order valence-corrected chi connectivity index (χ2v) is 2.06. The van der Waals surface area contributed by atoms with E-state index in [2.05, 4.69) is 12.6 Å². The van der Waals surface area contributed by atoms with Crippen molar-refractivity contribution >= 4 is 18.5 Å². The van der Waals surface area contributed by atoms with E-state index in [1.165, 1.54) is 0 Å². The predicted octanol–water partition coefficient (Wildman–Crippen LogP) is 0.428. The van der Waals surface area contributed by atoms with Gasteiger partial charge in [-0.2, -0.15) is 12.6 Å². The van der Waals surface area contributed by atoms with Crippen LogP contribution in [0, 0.1) is 5.92 Å². The van der Waals surface area contributed by atoms with Crippen LogP contribution < -0.4 is 5.73 Å². The molecule has 1 unspecified atom stereocenters. The van der Waals surface area contributed by atoms with E-state index >= 15 is 0 Å². The van der Waals surface area contributed by atoms with Crippen molar-refractivity contribution in [1.82, 2.24) is 0 Å². The van der Waals surface area contributed by atoms with Crippen molar-refractivity contribution in [2.24, 2.45) is 11.7 Å². The van der Waals surface area contributed by atoms with E-state index in [0.29, 0.717) is 5.75 Å². The molecule has 0 aromatic carbocycles. The maximum atomic E-state index is 10.3. The molecule has 1 atom stereocenters. The summed E-state index contributed by atoms with van der Waals surface area (Å²) >= 11 is 3.93. The number of hydrogen-bond acceptors (Lipinski definition) is 2. The fourth-order valence-corrected chi connectivity index (χ4v) is 0.858. The number of thiol groups is 1. The van der Waals surface area contributed by atoms with Gasteiger partial charge in [-0.05, 0) is 6.42 Å². The highest BCUT2D eigenvalue weighted by Gasteiger charge is 2.08. The Hall–Kier alpha value is -0.180. The first kappa shape index (κ1) is 7.82. The van der Waals surface area contributed by atoms with Crippen LogP contribution in [0.3, 0.4) is 0 Å². The summed E-state index contributed by atoms with van der Waals surface area (Å²) in [5, 5.41) is 0. The largest absolute Gasteiger partial charge is 0.369 e. The van der Waals surface area contributed by atoms with E-state index < -0.39 is 0 Å². The van der Waals surface area contributed by atoms with Gasteiger partial charge in [0.05, 0.1) is 0 Å². The third-order valence-electron chi connectivity index (χ3n) is 1.12. The molecule has 0 bridgehead atoms. The van der Waals surface area contributed by atoms with E-state index in [9.17, 15) is 4.79 Å². The van der Waals surface area contributed by atoms with Gasteiger partial charge >= 0.3 is 0 Å². The van der Waals surface area contributed by atoms with Crippen molar-refractivity contribution in [2.45, 2.75) is 13.3 Å². The van der Waals surface area contributed by atoms with Crippen molar-refractivity contribution in [3.63, 3.8) is 0 Å². The van der Waals surface area contributed by atoms with E-state index in [1.54, 1.807) is 0 Å². The molecule has 0 aromatic heterocycles.